The van der Waals surface area contributed by atoms with Crippen LogP contribution in [0.4, 0.5) is 5.69 Å². The van der Waals surface area contributed by atoms with Gasteiger partial charge in [-0.15, -0.1) is 23.5 Å². The summed E-state index contributed by atoms with van der Waals surface area (Å²) in [5.74, 6) is 3.36. The molecule has 6 heteroatoms. The number of thioether (sulfide) groups is 2. The van der Waals surface area contributed by atoms with E-state index in [1.807, 2.05) is 43.0 Å². The predicted molar refractivity (Wildman–Crippen MR) is 104 cm³/mol. The van der Waals surface area contributed by atoms with Crippen molar-refractivity contribution >= 4 is 35.1 Å². The molecule has 0 spiro atoms. The Bertz CT molecular complexity index is 607. The molecule has 1 amide bonds. The fourth-order valence-electron chi connectivity index (χ4n) is 2.83. The van der Waals surface area contributed by atoms with Gasteiger partial charge < -0.3 is 9.47 Å². The third-order valence-electron chi connectivity index (χ3n) is 3.75. The number of carbonyl (C=O) groups is 1. The monoisotopic (exact) mass is 367 g/mol. The largest absolute Gasteiger partial charge is 0.498 e. The number of ether oxygens (including phenoxy) is 2. The van der Waals surface area contributed by atoms with Crippen LogP contribution in [0.25, 0.3) is 0 Å². The summed E-state index contributed by atoms with van der Waals surface area (Å²) in [7, 11) is 1.64. The fourth-order valence-corrected chi connectivity index (χ4v) is 6.03. The standard InChI is InChI=1S/C18H25NO3S2/c1-6-22-13(4)16-17(20)19(18(16,23-7-2)24-8-3)14-9-11-15(21-5)12-10-14/h9-12H,6-8H2,1-5H3/b16-13+. The van der Waals surface area contributed by atoms with Crippen LogP contribution in [-0.4, -0.2) is 35.3 Å². The molecule has 1 fully saturated rings. The summed E-state index contributed by atoms with van der Waals surface area (Å²) in [4.78, 5) is 14.8. The number of allylic oxidation sites excluding steroid dienone is 1. The lowest BCUT2D eigenvalue weighted by Gasteiger charge is -2.52. The van der Waals surface area contributed by atoms with Crippen molar-refractivity contribution in [3.8, 4) is 5.75 Å². The maximum atomic E-state index is 12.9. The third-order valence-corrected chi connectivity index (χ3v) is 6.59. The van der Waals surface area contributed by atoms with E-state index in [-0.39, 0.29) is 5.91 Å². The summed E-state index contributed by atoms with van der Waals surface area (Å²) in [5.41, 5.74) is 1.66. The Labute approximate surface area is 153 Å². The summed E-state index contributed by atoms with van der Waals surface area (Å²) in [6.07, 6.45) is 0. The molecule has 0 saturated carbocycles. The van der Waals surface area contributed by atoms with Crippen molar-refractivity contribution in [2.45, 2.75) is 31.9 Å². The first kappa shape index (κ1) is 19.1. The van der Waals surface area contributed by atoms with Gasteiger partial charge in [0.2, 0.25) is 0 Å². The van der Waals surface area contributed by atoms with Gasteiger partial charge >= 0.3 is 0 Å². The molecule has 2 rings (SSSR count). The van der Waals surface area contributed by atoms with Gasteiger partial charge in [0.25, 0.3) is 5.91 Å². The van der Waals surface area contributed by atoms with Gasteiger partial charge in [-0.2, -0.15) is 0 Å². The molecule has 0 radical (unpaired) electrons. The van der Waals surface area contributed by atoms with Crippen LogP contribution < -0.4 is 9.64 Å². The average molecular weight is 368 g/mol. The number of rotatable bonds is 8. The Morgan fingerprint density at radius 1 is 1.12 bits per heavy atom. The molecule has 24 heavy (non-hydrogen) atoms. The maximum absolute atomic E-state index is 12.9. The zero-order valence-electron chi connectivity index (χ0n) is 14.9. The number of nitrogens with zero attached hydrogens (tertiary/aromatic N) is 1. The number of hydrogen-bond acceptors (Lipinski definition) is 5. The molecule has 1 aromatic carbocycles. The van der Waals surface area contributed by atoms with Gasteiger partial charge in [-0.25, -0.2) is 0 Å². The molecule has 0 aromatic heterocycles. The molecule has 132 valence electrons. The van der Waals surface area contributed by atoms with E-state index in [0.717, 1.165) is 34.3 Å². The Morgan fingerprint density at radius 2 is 1.71 bits per heavy atom. The van der Waals surface area contributed by atoms with Crippen LogP contribution >= 0.6 is 23.5 Å². The quantitative estimate of drug-likeness (QED) is 0.292. The highest BCUT2D eigenvalue weighted by Gasteiger charge is 2.59. The van der Waals surface area contributed by atoms with Crippen LogP contribution in [0.3, 0.4) is 0 Å². The number of carbonyl (C=O) groups excluding carboxylic acids is 1. The van der Waals surface area contributed by atoms with Crippen molar-refractivity contribution in [3.05, 3.63) is 35.6 Å². The summed E-state index contributed by atoms with van der Waals surface area (Å²) >= 11 is 3.54. The van der Waals surface area contributed by atoms with Gasteiger partial charge in [0.05, 0.1) is 13.7 Å². The molecule has 4 nitrogen and oxygen atoms in total. The lowest BCUT2D eigenvalue weighted by atomic mass is 10.0. The predicted octanol–water partition coefficient (Wildman–Crippen LogP) is 4.51. The molecule has 0 bridgehead atoms. The van der Waals surface area contributed by atoms with E-state index in [9.17, 15) is 4.79 Å². The summed E-state index contributed by atoms with van der Waals surface area (Å²) < 4.78 is 10.5. The van der Waals surface area contributed by atoms with Crippen molar-refractivity contribution in [3.63, 3.8) is 0 Å². The fraction of sp³-hybridized carbons (Fsp3) is 0.500. The zero-order valence-corrected chi connectivity index (χ0v) is 16.6. The normalized spacial score (nSPS) is 18.2. The van der Waals surface area contributed by atoms with E-state index in [4.69, 9.17) is 9.47 Å². The minimum Gasteiger partial charge on any atom is -0.498 e. The molecule has 0 N–H and O–H groups in total. The van der Waals surface area contributed by atoms with Gasteiger partial charge in [-0.3, -0.25) is 9.69 Å². The van der Waals surface area contributed by atoms with Gasteiger partial charge in [0, 0.05) is 5.69 Å². The molecule has 0 aliphatic carbocycles. The zero-order chi connectivity index (χ0) is 17.7. The second kappa shape index (κ2) is 8.21. The number of hydrogen-bond donors (Lipinski definition) is 0. The number of benzene rings is 1. The lowest BCUT2D eigenvalue weighted by molar-refractivity contribution is -0.118. The highest BCUT2D eigenvalue weighted by molar-refractivity contribution is 8.19. The first-order chi connectivity index (χ1) is 11.6. The third kappa shape index (κ3) is 3.26. The van der Waals surface area contributed by atoms with Gasteiger partial charge in [0.1, 0.15) is 17.1 Å². The molecule has 1 saturated heterocycles. The second-order valence-corrected chi connectivity index (χ2v) is 8.32. The Balaban J connectivity index is 2.48. The van der Waals surface area contributed by atoms with Crippen LogP contribution in [0.15, 0.2) is 35.6 Å². The molecular formula is C18H25NO3S2. The van der Waals surface area contributed by atoms with Crippen molar-refractivity contribution in [2.75, 3.05) is 30.1 Å². The van der Waals surface area contributed by atoms with Crippen LogP contribution in [0.2, 0.25) is 0 Å². The topological polar surface area (TPSA) is 38.8 Å². The van der Waals surface area contributed by atoms with Crippen molar-refractivity contribution in [1.82, 2.24) is 0 Å². The minimum absolute atomic E-state index is 0.0213. The smallest absolute Gasteiger partial charge is 0.263 e. The van der Waals surface area contributed by atoms with Crippen LogP contribution in [0.1, 0.15) is 27.7 Å². The highest BCUT2D eigenvalue weighted by Crippen LogP contribution is 2.56. The Morgan fingerprint density at radius 3 is 2.17 bits per heavy atom. The first-order valence-corrected chi connectivity index (χ1v) is 10.1. The second-order valence-electron chi connectivity index (χ2n) is 5.15. The molecule has 0 unspecified atom stereocenters. The number of β-lactam (4-membered cyclic amide) rings is 1. The van der Waals surface area contributed by atoms with E-state index < -0.39 is 4.20 Å². The van der Waals surface area contributed by atoms with Crippen molar-refractivity contribution in [2.24, 2.45) is 0 Å². The van der Waals surface area contributed by atoms with E-state index in [0.29, 0.717) is 6.61 Å². The first-order valence-electron chi connectivity index (χ1n) is 8.16. The summed E-state index contributed by atoms with van der Waals surface area (Å²) in [6, 6.07) is 7.64. The van der Waals surface area contributed by atoms with Gasteiger partial charge in [0.15, 0.2) is 4.20 Å². The molecule has 1 aliphatic heterocycles. The van der Waals surface area contributed by atoms with Crippen molar-refractivity contribution in [1.29, 1.82) is 0 Å². The lowest BCUT2D eigenvalue weighted by Crippen LogP contribution is -2.63. The van der Waals surface area contributed by atoms with Crippen LogP contribution in [-0.2, 0) is 9.53 Å². The van der Waals surface area contributed by atoms with Gasteiger partial charge in [-0.05, 0) is 49.6 Å². The maximum Gasteiger partial charge on any atom is 0.263 e. The minimum atomic E-state index is -0.422. The Kier molecular flexibility index (Phi) is 6.52. The Hall–Kier alpha value is -1.27. The SMILES string of the molecule is CCO/C(C)=C1\C(=O)N(c2ccc(OC)cc2)C1(SCC)SCC. The number of anilines is 1. The molecule has 1 heterocycles. The van der Waals surface area contributed by atoms with Gasteiger partial charge in [-0.1, -0.05) is 13.8 Å². The van der Waals surface area contributed by atoms with Crippen molar-refractivity contribution < 1.29 is 14.3 Å². The summed E-state index contributed by atoms with van der Waals surface area (Å²) in [6.45, 7) is 8.63. The van der Waals surface area contributed by atoms with Crippen LogP contribution in [0, 0.1) is 0 Å². The molecule has 1 aliphatic rings. The van der Waals surface area contributed by atoms with E-state index >= 15 is 0 Å². The molecule has 1 aromatic rings. The highest BCUT2D eigenvalue weighted by atomic mass is 32.2. The van der Waals surface area contributed by atoms with Crippen LogP contribution in [0.5, 0.6) is 5.75 Å². The molecular weight excluding hydrogens is 342 g/mol. The van der Waals surface area contributed by atoms with E-state index in [1.165, 1.54) is 0 Å². The van der Waals surface area contributed by atoms with E-state index in [1.54, 1.807) is 30.6 Å². The summed E-state index contributed by atoms with van der Waals surface area (Å²) in [5, 5.41) is 0. The molecule has 0 atom stereocenters. The average Bonchev–Trinajstić information content (AvgIpc) is 2.56. The number of methoxy groups -OCH3 is 1. The van der Waals surface area contributed by atoms with E-state index in [2.05, 4.69) is 13.8 Å². The number of amides is 1.